The van der Waals surface area contributed by atoms with Crippen LogP contribution in [0.15, 0.2) is 28.0 Å². The molecule has 0 heterocycles. The minimum Gasteiger partial charge on any atom is -0.224 e. The Kier molecular flexibility index (Phi) is 5.93. The summed E-state index contributed by atoms with van der Waals surface area (Å²) in [6.07, 6.45) is 0.928. The van der Waals surface area contributed by atoms with Crippen LogP contribution in [0.3, 0.4) is 0 Å². The molecule has 120 valence electrons. The Morgan fingerprint density at radius 3 is 2.29 bits per heavy atom. The Bertz CT molecular complexity index is 717. The van der Waals surface area contributed by atoms with Crippen molar-refractivity contribution < 1.29 is 21.2 Å². The Labute approximate surface area is 133 Å². The topological polar surface area (TPSA) is 80.3 Å². The smallest absolute Gasteiger partial charge is 0.224 e. The average Bonchev–Trinajstić information content (AvgIpc) is 2.34. The summed E-state index contributed by atoms with van der Waals surface area (Å²) in [5, 5.41) is 0. The highest BCUT2D eigenvalue weighted by atomic mass is 79.9. The molecular formula is C12H17BrFNO4S2. The van der Waals surface area contributed by atoms with Gasteiger partial charge in [-0.1, -0.05) is 29.8 Å². The fraction of sp³-hybridized carbons (Fsp3) is 0.500. The zero-order chi connectivity index (χ0) is 16.4. The minimum absolute atomic E-state index is 0.0720. The van der Waals surface area contributed by atoms with Crippen LogP contribution in [0.2, 0.25) is 0 Å². The first-order valence-electron chi connectivity index (χ1n) is 6.08. The van der Waals surface area contributed by atoms with Gasteiger partial charge in [-0.05, 0) is 24.1 Å². The molecular weight excluding hydrogens is 385 g/mol. The maximum atomic E-state index is 13.7. The van der Waals surface area contributed by atoms with Crippen molar-refractivity contribution in [1.82, 2.24) is 4.72 Å². The van der Waals surface area contributed by atoms with Crippen LogP contribution in [0.25, 0.3) is 0 Å². The maximum Gasteiger partial charge on any atom is 0.243 e. The molecule has 0 aliphatic carbocycles. The molecule has 1 N–H and O–H groups in total. The van der Waals surface area contributed by atoms with E-state index in [1.165, 1.54) is 0 Å². The lowest BCUT2D eigenvalue weighted by molar-refractivity contribution is 0.545. The molecule has 0 fully saturated rings. The summed E-state index contributed by atoms with van der Waals surface area (Å²) < 4.78 is 63.0. The van der Waals surface area contributed by atoms with E-state index >= 15 is 0 Å². The van der Waals surface area contributed by atoms with Gasteiger partial charge in [0, 0.05) is 17.6 Å². The second-order valence-electron chi connectivity index (χ2n) is 4.98. The number of sulfonamides is 1. The van der Waals surface area contributed by atoms with Gasteiger partial charge in [0.15, 0.2) is 9.84 Å². The lowest BCUT2D eigenvalue weighted by atomic mass is 10.1. The lowest BCUT2D eigenvalue weighted by Crippen LogP contribution is -2.32. The standard InChI is InChI=1S/C12H17BrFNO4S2/c1-8(2)10(13)7-15-21(18,19)12-6-9(20(3,16)17)4-5-11(12)14/h4-6,8,10,15H,7H2,1-3H3. The average molecular weight is 402 g/mol. The van der Waals surface area contributed by atoms with E-state index in [9.17, 15) is 21.2 Å². The lowest BCUT2D eigenvalue weighted by Gasteiger charge is -2.15. The van der Waals surface area contributed by atoms with Gasteiger partial charge in [-0.25, -0.2) is 25.9 Å². The maximum absolute atomic E-state index is 13.7. The number of hydrogen-bond donors (Lipinski definition) is 1. The Hall–Kier alpha value is -0.510. The molecule has 0 aliphatic heterocycles. The third-order valence-corrected chi connectivity index (χ3v) is 6.74. The van der Waals surface area contributed by atoms with Crippen molar-refractivity contribution in [2.45, 2.75) is 28.5 Å². The van der Waals surface area contributed by atoms with Crippen molar-refractivity contribution >= 4 is 35.8 Å². The van der Waals surface area contributed by atoms with Crippen molar-refractivity contribution in [1.29, 1.82) is 0 Å². The third-order valence-electron chi connectivity index (χ3n) is 2.81. The van der Waals surface area contributed by atoms with E-state index in [0.29, 0.717) is 0 Å². The Morgan fingerprint density at radius 2 is 1.81 bits per heavy atom. The van der Waals surface area contributed by atoms with Crippen LogP contribution in [-0.4, -0.2) is 34.5 Å². The van der Waals surface area contributed by atoms with Crippen molar-refractivity contribution in [2.24, 2.45) is 5.92 Å². The van der Waals surface area contributed by atoms with E-state index < -0.39 is 30.6 Å². The molecule has 1 aromatic carbocycles. The predicted octanol–water partition coefficient (Wildman–Crippen LogP) is 1.93. The van der Waals surface area contributed by atoms with Crippen molar-refractivity contribution in [3.63, 3.8) is 0 Å². The number of rotatable bonds is 6. The van der Waals surface area contributed by atoms with Gasteiger partial charge in [-0.2, -0.15) is 0 Å². The summed E-state index contributed by atoms with van der Waals surface area (Å²) in [5.41, 5.74) is 0. The summed E-state index contributed by atoms with van der Waals surface area (Å²) in [4.78, 5) is -1.04. The van der Waals surface area contributed by atoms with E-state index in [0.717, 1.165) is 24.5 Å². The summed E-state index contributed by atoms with van der Waals surface area (Å²) in [6.45, 7) is 3.87. The summed E-state index contributed by atoms with van der Waals surface area (Å²) in [7, 11) is -7.74. The largest absolute Gasteiger partial charge is 0.243 e. The normalized spacial score (nSPS) is 14.4. The molecule has 0 saturated heterocycles. The number of benzene rings is 1. The quantitative estimate of drug-likeness (QED) is 0.583. The van der Waals surface area contributed by atoms with Crippen LogP contribution < -0.4 is 4.72 Å². The van der Waals surface area contributed by atoms with Gasteiger partial charge in [-0.3, -0.25) is 0 Å². The molecule has 1 atom stereocenters. The second kappa shape index (κ2) is 6.72. The van der Waals surface area contributed by atoms with Gasteiger partial charge in [0.1, 0.15) is 10.7 Å². The molecule has 0 bridgehead atoms. The number of nitrogens with one attached hydrogen (secondary N) is 1. The van der Waals surface area contributed by atoms with E-state index in [2.05, 4.69) is 20.7 Å². The molecule has 5 nitrogen and oxygen atoms in total. The molecule has 0 radical (unpaired) electrons. The van der Waals surface area contributed by atoms with Gasteiger partial charge in [-0.15, -0.1) is 0 Å². The number of sulfone groups is 1. The van der Waals surface area contributed by atoms with Crippen molar-refractivity contribution in [2.75, 3.05) is 12.8 Å². The molecule has 9 heteroatoms. The number of halogens is 2. The van der Waals surface area contributed by atoms with Crippen molar-refractivity contribution in [3.8, 4) is 0 Å². The summed E-state index contributed by atoms with van der Waals surface area (Å²) in [5.74, 6) is -0.814. The van der Waals surface area contributed by atoms with Crippen LogP contribution in [-0.2, 0) is 19.9 Å². The van der Waals surface area contributed by atoms with Crippen molar-refractivity contribution in [3.05, 3.63) is 24.0 Å². The van der Waals surface area contributed by atoms with Crippen LogP contribution in [0.5, 0.6) is 0 Å². The molecule has 1 unspecified atom stereocenters. The van der Waals surface area contributed by atoms with E-state index in [1.54, 1.807) is 0 Å². The van der Waals surface area contributed by atoms with Crippen LogP contribution in [0.1, 0.15) is 13.8 Å². The van der Waals surface area contributed by atoms with Crippen LogP contribution in [0.4, 0.5) is 4.39 Å². The summed E-state index contributed by atoms with van der Waals surface area (Å²) in [6, 6.07) is 2.69. The van der Waals surface area contributed by atoms with Gasteiger partial charge in [0.25, 0.3) is 0 Å². The first-order valence-corrected chi connectivity index (χ1v) is 10.4. The van der Waals surface area contributed by atoms with Gasteiger partial charge in [0.05, 0.1) is 4.90 Å². The first kappa shape index (κ1) is 18.5. The first-order chi connectivity index (χ1) is 9.45. The van der Waals surface area contributed by atoms with Gasteiger partial charge in [0.2, 0.25) is 10.0 Å². The minimum atomic E-state index is -4.12. The SMILES string of the molecule is CC(C)C(Br)CNS(=O)(=O)c1cc(S(C)(=O)=O)ccc1F. The fourth-order valence-corrected chi connectivity index (χ4v) is 3.68. The predicted molar refractivity (Wildman–Crippen MR) is 82.3 cm³/mol. The Balaban J connectivity index is 3.14. The zero-order valence-electron chi connectivity index (χ0n) is 11.8. The highest BCUT2D eigenvalue weighted by molar-refractivity contribution is 9.09. The highest BCUT2D eigenvalue weighted by Gasteiger charge is 2.23. The highest BCUT2D eigenvalue weighted by Crippen LogP contribution is 2.20. The summed E-state index contributed by atoms with van der Waals surface area (Å²) >= 11 is 3.32. The molecule has 0 saturated carbocycles. The molecule has 1 rings (SSSR count). The number of hydrogen-bond acceptors (Lipinski definition) is 4. The molecule has 0 aromatic heterocycles. The van der Waals surface area contributed by atoms with Gasteiger partial charge >= 0.3 is 0 Å². The monoisotopic (exact) mass is 401 g/mol. The van der Waals surface area contributed by atoms with E-state index in [4.69, 9.17) is 0 Å². The van der Waals surface area contributed by atoms with Crippen LogP contribution >= 0.6 is 15.9 Å². The molecule has 0 spiro atoms. The fourth-order valence-electron chi connectivity index (χ4n) is 1.42. The Morgan fingerprint density at radius 1 is 1.24 bits per heavy atom. The van der Waals surface area contributed by atoms with E-state index in [-0.39, 0.29) is 22.2 Å². The van der Waals surface area contributed by atoms with Gasteiger partial charge < -0.3 is 0 Å². The molecule has 0 amide bonds. The molecule has 1 aromatic rings. The zero-order valence-corrected chi connectivity index (χ0v) is 15.0. The van der Waals surface area contributed by atoms with Crippen LogP contribution in [0, 0.1) is 11.7 Å². The number of alkyl halides is 1. The molecule has 0 aliphatic rings. The third kappa shape index (κ3) is 5.01. The molecule has 21 heavy (non-hydrogen) atoms. The van der Waals surface area contributed by atoms with E-state index in [1.807, 2.05) is 13.8 Å². The second-order valence-corrected chi connectivity index (χ2v) is 9.90.